The molecule has 4 rings (SSSR count). The number of ether oxygens (including phenoxy) is 1. The first kappa shape index (κ1) is 14.5. The molecule has 0 heterocycles. The van der Waals surface area contributed by atoms with E-state index >= 15 is 0 Å². The number of hydrogen-bond donors (Lipinski definition) is 0. The first-order valence-electron chi connectivity index (χ1n) is 9.04. The Morgan fingerprint density at radius 3 is 1.43 bits per heavy atom. The lowest BCUT2D eigenvalue weighted by molar-refractivity contribution is -0.0682. The molecule has 120 valence electrons. The fourth-order valence-electron chi connectivity index (χ4n) is 6.61. The van der Waals surface area contributed by atoms with Gasteiger partial charge in [0.25, 0.3) is 0 Å². The fraction of sp³-hybridized carbons (Fsp3) is 1.00. The van der Waals surface area contributed by atoms with Gasteiger partial charge in [-0.15, -0.1) is 0 Å². The lowest BCUT2D eigenvalue weighted by atomic mass is 9.94. The van der Waals surface area contributed by atoms with Gasteiger partial charge in [0, 0.05) is 23.9 Å². The number of hydrogen-bond acceptors (Lipinski definition) is 3. The molecule has 4 aliphatic carbocycles. The molecule has 3 heteroatoms. The van der Waals surface area contributed by atoms with E-state index in [9.17, 15) is 0 Å². The van der Waals surface area contributed by atoms with Crippen LogP contribution in [0.15, 0.2) is 0 Å². The molecule has 0 saturated heterocycles. The molecule has 4 fully saturated rings. The Hall–Kier alpha value is -0.120. The molecule has 0 aromatic rings. The Balaban J connectivity index is 1.42. The lowest BCUT2D eigenvalue weighted by Crippen LogP contribution is -2.38. The molecule has 0 spiro atoms. The molecular weight excluding hydrogens is 260 g/mol. The van der Waals surface area contributed by atoms with Crippen LogP contribution in [-0.4, -0.2) is 62.3 Å². The third kappa shape index (κ3) is 2.19. The van der Waals surface area contributed by atoms with Crippen molar-refractivity contribution < 1.29 is 4.74 Å². The standard InChI is InChI=1S/C18H32N2O/c1-19(2)17-11-5-7-13(17)15(9-11)21-16-10-12-6-8-14(16)18(12)20(3)4/h11-18H,5-10H2,1-4H3. The second-order valence-electron chi connectivity index (χ2n) is 8.60. The van der Waals surface area contributed by atoms with Crippen LogP contribution in [0.2, 0.25) is 0 Å². The predicted molar refractivity (Wildman–Crippen MR) is 85.3 cm³/mol. The molecule has 21 heavy (non-hydrogen) atoms. The van der Waals surface area contributed by atoms with Crippen molar-refractivity contribution in [3.8, 4) is 0 Å². The molecule has 8 atom stereocenters. The molecule has 0 amide bonds. The molecular formula is C18H32N2O. The minimum atomic E-state index is 0.559. The van der Waals surface area contributed by atoms with Crippen molar-refractivity contribution in [3.63, 3.8) is 0 Å². The Morgan fingerprint density at radius 1 is 0.667 bits per heavy atom. The number of fused-ring (bicyclic) bond motifs is 4. The van der Waals surface area contributed by atoms with E-state index in [1.54, 1.807) is 0 Å². The second-order valence-corrected chi connectivity index (χ2v) is 8.60. The van der Waals surface area contributed by atoms with Crippen LogP contribution in [-0.2, 0) is 4.74 Å². The molecule has 4 saturated carbocycles. The Morgan fingerprint density at radius 2 is 1.10 bits per heavy atom. The average molecular weight is 292 g/mol. The lowest BCUT2D eigenvalue weighted by Gasteiger charge is -2.32. The van der Waals surface area contributed by atoms with E-state index in [2.05, 4.69) is 38.0 Å². The molecule has 0 aliphatic heterocycles. The second kappa shape index (κ2) is 5.21. The molecule has 0 aromatic heterocycles. The van der Waals surface area contributed by atoms with Crippen molar-refractivity contribution in [2.24, 2.45) is 23.7 Å². The minimum absolute atomic E-state index is 0.559. The molecule has 0 radical (unpaired) electrons. The van der Waals surface area contributed by atoms with E-state index in [1.807, 2.05) is 0 Å². The normalized spacial score (nSPS) is 51.7. The summed E-state index contributed by atoms with van der Waals surface area (Å²) in [6.07, 6.45) is 9.44. The van der Waals surface area contributed by atoms with Gasteiger partial charge in [0.1, 0.15) is 0 Å². The van der Waals surface area contributed by atoms with Crippen molar-refractivity contribution in [3.05, 3.63) is 0 Å². The first-order chi connectivity index (χ1) is 10.1. The van der Waals surface area contributed by atoms with Gasteiger partial charge in [-0.25, -0.2) is 0 Å². The van der Waals surface area contributed by atoms with Crippen molar-refractivity contribution in [1.29, 1.82) is 0 Å². The zero-order valence-corrected chi connectivity index (χ0v) is 14.2. The summed E-state index contributed by atoms with van der Waals surface area (Å²) in [5, 5.41) is 0. The van der Waals surface area contributed by atoms with Crippen LogP contribution in [0.1, 0.15) is 38.5 Å². The van der Waals surface area contributed by atoms with E-state index in [0.29, 0.717) is 12.2 Å². The maximum atomic E-state index is 6.75. The summed E-state index contributed by atoms with van der Waals surface area (Å²) in [4.78, 5) is 4.93. The van der Waals surface area contributed by atoms with Gasteiger partial charge in [0.05, 0.1) is 12.2 Å². The predicted octanol–water partition coefficient (Wildman–Crippen LogP) is 2.46. The highest BCUT2D eigenvalue weighted by atomic mass is 16.5. The summed E-state index contributed by atoms with van der Waals surface area (Å²) in [7, 11) is 9.05. The zero-order valence-electron chi connectivity index (χ0n) is 14.2. The van der Waals surface area contributed by atoms with E-state index < -0.39 is 0 Å². The van der Waals surface area contributed by atoms with Crippen LogP contribution in [0, 0.1) is 23.7 Å². The van der Waals surface area contributed by atoms with Crippen molar-refractivity contribution >= 4 is 0 Å². The van der Waals surface area contributed by atoms with Gasteiger partial charge in [-0.05, 0) is 78.6 Å². The van der Waals surface area contributed by atoms with Gasteiger partial charge >= 0.3 is 0 Å². The summed E-state index contributed by atoms with van der Waals surface area (Å²) in [5.74, 6) is 3.42. The highest BCUT2D eigenvalue weighted by Gasteiger charge is 2.54. The topological polar surface area (TPSA) is 15.7 Å². The van der Waals surface area contributed by atoms with Crippen LogP contribution >= 0.6 is 0 Å². The summed E-state index contributed by atoms with van der Waals surface area (Å²) < 4.78 is 6.75. The number of nitrogens with zero attached hydrogens (tertiary/aromatic N) is 2. The first-order valence-corrected chi connectivity index (χ1v) is 9.04. The third-order valence-corrected chi connectivity index (χ3v) is 7.15. The van der Waals surface area contributed by atoms with Gasteiger partial charge in [0.2, 0.25) is 0 Å². The van der Waals surface area contributed by atoms with E-state index in [-0.39, 0.29) is 0 Å². The van der Waals surface area contributed by atoms with Gasteiger partial charge in [0.15, 0.2) is 0 Å². The van der Waals surface area contributed by atoms with Gasteiger partial charge in [-0.2, -0.15) is 0 Å². The fourth-order valence-corrected chi connectivity index (χ4v) is 6.61. The maximum Gasteiger partial charge on any atom is 0.0625 e. The minimum Gasteiger partial charge on any atom is -0.374 e. The monoisotopic (exact) mass is 292 g/mol. The van der Waals surface area contributed by atoms with Crippen molar-refractivity contribution in [2.75, 3.05) is 28.2 Å². The summed E-state index contributed by atoms with van der Waals surface area (Å²) in [6.45, 7) is 0. The average Bonchev–Trinajstić information content (AvgIpc) is 3.14. The number of rotatable bonds is 4. The highest BCUT2D eigenvalue weighted by molar-refractivity contribution is 5.05. The summed E-state index contributed by atoms with van der Waals surface area (Å²) in [6, 6.07) is 1.58. The quantitative estimate of drug-likeness (QED) is 0.791. The SMILES string of the molecule is CN(C)C1C2CCC1C(OC1CC3CCC1C3N(C)C)C2. The molecule has 4 bridgehead atoms. The molecule has 3 nitrogen and oxygen atoms in total. The van der Waals surface area contributed by atoms with Crippen LogP contribution in [0.25, 0.3) is 0 Å². The molecule has 0 aromatic carbocycles. The van der Waals surface area contributed by atoms with Crippen LogP contribution in [0.4, 0.5) is 0 Å². The molecule has 8 unspecified atom stereocenters. The maximum absolute atomic E-state index is 6.75. The van der Waals surface area contributed by atoms with Crippen LogP contribution < -0.4 is 0 Å². The van der Waals surface area contributed by atoms with Crippen molar-refractivity contribution in [2.45, 2.75) is 62.8 Å². The van der Waals surface area contributed by atoms with Gasteiger partial charge in [-0.3, -0.25) is 0 Å². The van der Waals surface area contributed by atoms with E-state index in [4.69, 9.17) is 4.74 Å². The van der Waals surface area contributed by atoms with Crippen molar-refractivity contribution in [1.82, 2.24) is 9.80 Å². The van der Waals surface area contributed by atoms with Crippen LogP contribution in [0.5, 0.6) is 0 Å². The third-order valence-electron chi connectivity index (χ3n) is 7.15. The molecule has 4 aliphatic rings. The Kier molecular flexibility index (Phi) is 3.59. The van der Waals surface area contributed by atoms with Crippen LogP contribution in [0.3, 0.4) is 0 Å². The Labute approximate surface area is 130 Å². The smallest absolute Gasteiger partial charge is 0.0625 e. The largest absolute Gasteiger partial charge is 0.374 e. The van der Waals surface area contributed by atoms with E-state index in [1.165, 1.54) is 38.5 Å². The van der Waals surface area contributed by atoms with E-state index in [0.717, 1.165) is 35.8 Å². The van der Waals surface area contributed by atoms with Gasteiger partial charge < -0.3 is 14.5 Å². The highest BCUT2D eigenvalue weighted by Crippen LogP contribution is 2.52. The van der Waals surface area contributed by atoms with Gasteiger partial charge in [-0.1, -0.05) is 0 Å². The summed E-state index contributed by atoms with van der Waals surface area (Å²) in [5.41, 5.74) is 0. The summed E-state index contributed by atoms with van der Waals surface area (Å²) >= 11 is 0. The molecule has 0 N–H and O–H groups in total. The Bertz CT molecular complexity index is 361. The zero-order chi connectivity index (χ0) is 14.7.